The van der Waals surface area contributed by atoms with Gasteiger partial charge in [0.15, 0.2) is 0 Å². The second-order valence-corrected chi connectivity index (χ2v) is 12.1. The molecule has 3 saturated carbocycles. The lowest BCUT2D eigenvalue weighted by Crippen LogP contribution is -2.51. The molecule has 4 aliphatic rings. The van der Waals surface area contributed by atoms with E-state index in [0.29, 0.717) is 23.5 Å². The van der Waals surface area contributed by atoms with Crippen LogP contribution in [0.1, 0.15) is 86.5 Å². The Balaban J connectivity index is 1.66. The molecule has 0 heterocycles. The van der Waals surface area contributed by atoms with Gasteiger partial charge in [0.05, 0.1) is 6.61 Å². The number of nitrogens with zero attached hydrogens (tertiary/aromatic N) is 2. The largest absolute Gasteiger partial charge is 0.462 e. The van der Waals surface area contributed by atoms with Gasteiger partial charge >= 0.3 is 12.1 Å². The Morgan fingerprint density at radius 1 is 1.22 bits per heavy atom. The monoisotopic (exact) mass is 502 g/mol. The van der Waals surface area contributed by atoms with Crippen LogP contribution in [0.4, 0.5) is 4.79 Å². The molecular weight excluding hydrogens is 460 g/mol. The maximum absolute atomic E-state index is 12.2. The third-order valence-corrected chi connectivity index (χ3v) is 10.4. The van der Waals surface area contributed by atoms with Crippen molar-refractivity contribution in [2.45, 2.75) is 98.6 Å². The van der Waals surface area contributed by atoms with Gasteiger partial charge < -0.3 is 9.47 Å². The van der Waals surface area contributed by atoms with E-state index >= 15 is 0 Å². The van der Waals surface area contributed by atoms with Crippen molar-refractivity contribution in [1.29, 1.82) is 0 Å². The summed E-state index contributed by atoms with van der Waals surface area (Å²) in [6, 6.07) is -0.701. The first kappa shape index (κ1) is 26.8. The Hall–Kier alpha value is -2.25. The quantitative estimate of drug-likeness (QED) is 0.150. The molecule has 200 valence electrons. The van der Waals surface area contributed by atoms with Crippen LogP contribution in [0.15, 0.2) is 16.6 Å². The third kappa shape index (κ3) is 4.49. The van der Waals surface area contributed by atoms with Crippen LogP contribution in [0.2, 0.25) is 0 Å². The number of esters is 1. The van der Waals surface area contributed by atoms with E-state index in [1.807, 2.05) is 6.92 Å². The maximum Gasteiger partial charge on any atom is 0.433 e. The van der Waals surface area contributed by atoms with Crippen molar-refractivity contribution in [3.8, 4) is 0 Å². The number of carbonyl (C=O) groups excluding carboxylic acids is 2. The zero-order valence-electron chi connectivity index (χ0n) is 22.6. The average Bonchev–Trinajstić information content (AvgIpc) is 3.11. The van der Waals surface area contributed by atoms with Crippen LogP contribution in [0.5, 0.6) is 0 Å². The lowest BCUT2D eigenvalue weighted by molar-refractivity contribution is -0.528. The molecule has 1 amide bonds. The van der Waals surface area contributed by atoms with Gasteiger partial charge in [-0.25, -0.2) is 4.79 Å². The van der Waals surface area contributed by atoms with Crippen LogP contribution in [0.3, 0.4) is 0 Å². The van der Waals surface area contributed by atoms with Crippen molar-refractivity contribution in [3.63, 3.8) is 0 Å². The standard InChI is InChI=1S/C28H42N2O6/c1-7-35-26(32)29-16(2)25-22(17(3)30(33)34)15-24-21-9-8-19-14-20(36-18(4)31)10-12-27(19,5)23(21)11-13-28(24,25)6/h8,17,20-25H,7,9-15H2,1-6H3/t17-,20-,21+,22-,23-,24-,25-,27-,28-/m0/s1. The molecule has 0 radical (unpaired) electrons. The van der Waals surface area contributed by atoms with Crippen molar-refractivity contribution in [3.05, 3.63) is 21.8 Å². The van der Waals surface area contributed by atoms with Gasteiger partial charge in [-0.3, -0.25) is 14.9 Å². The van der Waals surface area contributed by atoms with Gasteiger partial charge in [-0.15, -0.1) is 0 Å². The summed E-state index contributed by atoms with van der Waals surface area (Å²) in [4.78, 5) is 39.8. The number of ether oxygens (including phenoxy) is 2. The van der Waals surface area contributed by atoms with Crippen molar-refractivity contribution < 1.29 is 24.0 Å². The van der Waals surface area contributed by atoms with Gasteiger partial charge in [-0.2, -0.15) is 4.99 Å². The first-order valence-electron chi connectivity index (χ1n) is 13.6. The van der Waals surface area contributed by atoms with E-state index in [4.69, 9.17) is 9.47 Å². The van der Waals surface area contributed by atoms with Gasteiger partial charge in [-0.1, -0.05) is 25.5 Å². The molecule has 0 unspecified atom stereocenters. The summed E-state index contributed by atoms with van der Waals surface area (Å²) in [5.74, 6) is 0.804. The minimum absolute atomic E-state index is 0.0323. The molecule has 0 aromatic heterocycles. The zero-order chi connectivity index (χ0) is 26.4. The van der Waals surface area contributed by atoms with E-state index in [9.17, 15) is 19.7 Å². The second-order valence-electron chi connectivity index (χ2n) is 12.1. The molecule has 8 nitrogen and oxygen atoms in total. The lowest BCUT2D eigenvalue weighted by atomic mass is 9.47. The molecule has 3 fully saturated rings. The van der Waals surface area contributed by atoms with Gasteiger partial charge in [0.25, 0.3) is 0 Å². The molecule has 0 N–H and O–H groups in total. The summed E-state index contributed by atoms with van der Waals surface area (Å²) < 4.78 is 10.6. The number of hydrogen-bond acceptors (Lipinski definition) is 6. The molecule has 0 aromatic carbocycles. The molecule has 9 atom stereocenters. The molecule has 4 aliphatic carbocycles. The molecule has 0 saturated heterocycles. The van der Waals surface area contributed by atoms with Crippen LogP contribution >= 0.6 is 0 Å². The number of rotatable bonds is 5. The molecular formula is C28H42N2O6. The van der Waals surface area contributed by atoms with Crippen LogP contribution in [-0.4, -0.2) is 41.5 Å². The molecule has 0 aliphatic heterocycles. The summed E-state index contributed by atoms with van der Waals surface area (Å²) in [5, 5.41) is 11.9. The summed E-state index contributed by atoms with van der Waals surface area (Å²) in [6.07, 6.45) is 8.23. The number of allylic oxidation sites excluding steroid dienone is 1. The van der Waals surface area contributed by atoms with E-state index in [2.05, 4.69) is 24.9 Å². The van der Waals surface area contributed by atoms with Crippen LogP contribution in [-0.2, 0) is 14.3 Å². The van der Waals surface area contributed by atoms with Gasteiger partial charge in [-0.05, 0) is 81.0 Å². The third-order valence-electron chi connectivity index (χ3n) is 10.4. The average molecular weight is 503 g/mol. The van der Waals surface area contributed by atoms with E-state index in [1.165, 1.54) is 12.5 Å². The molecule has 4 rings (SSSR count). The highest BCUT2D eigenvalue weighted by atomic mass is 16.6. The molecule has 0 spiro atoms. The Kier molecular flexibility index (Phi) is 7.37. The highest BCUT2D eigenvalue weighted by Crippen LogP contribution is 2.68. The maximum atomic E-state index is 12.2. The number of carbonyl (C=O) groups is 2. The molecule has 36 heavy (non-hydrogen) atoms. The number of aliphatic imine (C=N–C) groups is 1. The molecule has 0 bridgehead atoms. The Bertz CT molecular complexity index is 975. The number of fused-ring (bicyclic) bond motifs is 5. The van der Waals surface area contributed by atoms with Crippen molar-refractivity contribution >= 4 is 17.8 Å². The van der Waals surface area contributed by atoms with Gasteiger partial charge in [0, 0.05) is 42.7 Å². The minimum atomic E-state index is -0.701. The van der Waals surface area contributed by atoms with E-state index in [0.717, 1.165) is 44.9 Å². The molecule has 0 aromatic rings. The Morgan fingerprint density at radius 2 is 1.94 bits per heavy atom. The van der Waals surface area contributed by atoms with E-state index in [-0.39, 0.29) is 46.3 Å². The fraction of sp³-hybridized carbons (Fsp3) is 0.821. The van der Waals surface area contributed by atoms with Gasteiger partial charge in [0.2, 0.25) is 6.04 Å². The fourth-order valence-corrected chi connectivity index (χ4v) is 8.85. The van der Waals surface area contributed by atoms with Crippen LogP contribution in [0.25, 0.3) is 0 Å². The van der Waals surface area contributed by atoms with Crippen LogP contribution < -0.4 is 0 Å². The number of amides is 1. The smallest absolute Gasteiger partial charge is 0.433 e. The summed E-state index contributed by atoms with van der Waals surface area (Å²) in [5.41, 5.74) is 2.04. The van der Waals surface area contributed by atoms with E-state index < -0.39 is 12.1 Å². The van der Waals surface area contributed by atoms with E-state index in [1.54, 1.807) is 13.8 Å². The number of hydrogen-bond donors (Lipinski definition) is 0. The summed E-state index contributed by atoms with van der Waals surface area (Å²) in [7, 11) is 0. The van der Waals surface area contributed by atoms with Crippen molar-refractivity contribution in [2.75, 3.05) is 6.61 Å². The number of nitro groups is 1. The van der Waals surface area contributed by atoms with Gasteiger partial charge in [0.1, 0.15) is 6.10 Å². The first-order valence-corrected chi connectivity index (χ1v) is 13.6. The first-order chi connectivity index (χ1) is 16.9. The Labute approximate surface area is 214 Å². The lowest BCUT2D eigenvalue weighted by Gasteiger charge is -2.58. The summed E-state index contributed by atoms with van der Waals surface area (Å²) >= 11 is 0. The highest BCUT2D eigenvalue weighted by Gasteiger charge is 2.63. The van der Waals surface area contributed by atoms with Crippen LogP contribution in [0, 0.1) is 50.5 Å². The molecule has 8 heteroatoms. The second kappa shape index (κ2) is 9.90. The Morgan fingerprint density at radius 3 is 2.58 bits per heavy atom. The zero-order valence-corrected chi connectivity index (χ0v) is 22.6. The predicted octanol–water partition coefficient (Wildman–Crippen LogP) is 6.01. The highest BCUT2D eigenvalue weighted by molar-refractivity contribution is 5.94. The topological polar surface area (TPSA) is 108 Å². The van der Waals surface area contributed by atoms with Crippen molar-refractivity contribution in [2.24, 2.45) is 45.4 Å². The minimum Gasteiger partial charge on any atom is -0.462 e. The fourth-order valence-electron chi connectivity index (χ4n) is 8.85. The summed E-state index contributed by atoms with van der Waals surface area (Å²) in [6.45, 7) is 11.7. The predicted molar refractivity (Wildman–Crippen MR) is 136 cm³/mol. The SMILES string of the molecule is CCOC(=O)N=C(C)[C@H]1[C@H]([C@H](C)[N+](=O)[O-])C[C@H]2[C@@H]3CC=C4C[C@@H](OC(C)=O)CC[C@]4(C)[C@H]3CC[C@@]21C. The normalized spacial score (nSPS) is 40.7. The van der Waals surface area contributed by atoms with Crippen molar-refractivity contribution in [1.82, 2.24) is 0 Å².